The van der Waals surface area contributed by atoms with E-state index in [9.17, 15) is 0 Å². The fourth-order valence-electron chi connectivity index (χ4n) is 7.67. The number of aryl methyl sites for hydroxylation is 1. The highest BCUT2D eigenvalue weighted by Crippen LogP contribution is 2.42. The van der Waals surface area contributed by atoms with Gasteiger partial charge in [0.1, 0.15) is 11.2 Å². The Morgan fingerprint density at radius 3 is 2.26 bits per heavy atom. The number of aromatic nitrogens is 1. The molecule has 4 nitrogen and oxygen atoms in total. The van der Waals surface area contributed by atoms with Gasteiger partial charge in [-0.15, -0.1) is 0 Å². The Morgan fingerprint density at radius 2 is 1.37 bits per heavy atom. The van der Waals surface area contributed by atoms with Gasteiger partial charge in [-0.05, 0) is 59.0 Å². The summed E-state index contributed by atoms with van der Waals surface area (Å²) in [6.07, 6.45) is 6.31. The number of anilines is 1. The van der Waals surface area contributed by atoms with Gasteiger partial charge < -0.3 is 14.3 Å². The molecular weight excluding hydrogens is 562 g/mol. The molecular formula is C42H29N3O. The van der Waals surface area contributed by atoms with E-state index >= 15 is 0 Å². The van der Waals surface area contributed by atoms with Crippen LogP contribution in [0.25, 0.3) is 60.8 Å². The van der Waals surface area contributed by atoms with Crippen molar-refractivity contribution >= 4 is 61.1 Å². The summed E-state index contributed by atoms with van der Waals surface area (Å²) in [6.45, 7) is 0. The molecule has 0 saturated heterocycles. The molecule has 4 heteroatoms. The molecule has 1 N–H and O–H groups in total. The Labute approximate surface area is 265 Å². The molecule has 0 radical (unpaired) electrons. The second-order valence-electron chi connectivity index (χ2n) is 12.2. The topological polar surface area (TPSA) is 42.5 Å². The Hall–Kier alpha value is -5.87. The molecule has 1 atom stereocenters. The van der Waals surface area contributed by atoms with Gasteiger partial charge in [0.25, 0.3) is 0 Å². The van der Waals surface area contributed by atoms with E-state index < -0.39 is 0 Å². The Balaban J connectivity index is 1.23. The van der Waals surface area contributed by atoms with Gasteiger partial charge in [0, 0.05) is 44.2 Å². The summed E-state index contributed by atoms with van der Waals surface area (Å²) in [5.41, 5.74) is 11.9. The Kier molecular flexibility index (Phi) is 5.43. The zero-order valence-corrected chi connectivity index (χ0v) is 25.1. The van der Waals surface area contributed by atoms with Crippen LogP contribution in [0.2, 0.25) is 0 Å². The molecule has 0 spiro atoms. The van der Waals surface area contributed by atoms with Gasteiger partial charge in [-0.3, -0.25) is 0 Å². The number of furan rings is 1. The maximum absolute atomic E-state index is 6.85. The summed E-state index contributed by atoms with van der Waals surface area (Å²) in [7, 11) is 0. The van der Waals surface area contributed by atoms with Gasteiger partial charge in [-0.1, -0.05) is 115 Å². The first-order valence-electron chi connectivity index (χ1n) is 16.0. The molecule has 3 heterocycles. The molecule has 6 aromatic carbocycles. The zero-order chi connectivity index (χ0) is 30.2. The predicted molar refractivity (Wildman–Crippen MR) is 191 cm³/mol. The Bertz CT molecular complexity index is 2570. The number of aliphatic imine (C=N–C) groups is 1. The number of hydrogen-bond acceptors (Lipinski definition) is 3. The summed E-state index contributed by atoms with van der Waals surface area (Å²) >= 11 is 0. The number of rotatable bonds is 3. The zero-order valence-electron chi connectivity index (χ0n) is 25.1. The average molecular weight is 592 g/mol. The fraction of sp³-hybridized carbons (Fsp3) is 0.0714. The number of fused-ring (bicyclic) bond motifs is 9. The lowest BCUT2D eigenvalue weighted by atomic mass is 9.96. The van der Waals surface area contributed by atoms with Gasteiger partial charge in [0.15, 0.2) is 0 Å². The molecule has 46 heavy (non-hydrogen) atoms. The Morgan fingerprint density at radius 1 is 0.652 bits per heavy atom. The molecule has 218 valence electrons. The summed E-state index contributed by atoms with van der Waals surface area (Å²) in [6, 6.07) is 45.1. The quantitative estimate of drug-likeness (QED) is 0.222. The minimum atomic E-state index is -0.334. The summed E-state index contributed by atoms with van der Waals surface area (Å²) < 4.78 is 9.25. The van der Waals surface area contributed by atoms with Gasteiger partial charge in [0.05, 0.1) is 11.2 Å². The van der Waals surface area contributed by atoms with Crippen LogP contribution in [-0.4, -0.2) is 10.3 Å². The van der Waals surface area contributed by atoms with Crippen molar-refractivity contribution < 1.29 is 4.42 Å². The molecule has 1 unspecified atom stereocenters. The maximum atomic E-state index is 6.85. The minimum absolute atomic E-state index is 0.334. The van der Waals surface area contributed by atoms with Crippen molar-refractivity contribution in [2.45, 2.75) is 19.1 Å². The molecule has 2 aliphatic rings. The lowest BCUT2D eigenvalue weighted by Crippen LogP contribution is -2.25. The first-order chi connectivity index (χ1) is 22.8. The third-order valence-corrected chi connectivity index (χ3v) is 9.70. The van der Waals surface area contributed by atoms with E-state index in [4.69, 9.17) is 9.41 Å². The van der Waals surface area contributed by atoms with Crippen molar-refractivity contribution in [1.29, 1.82) is 0 Å². The third kappa shape index (κ3) is 3.64. The second kappa shape index (κ2) is 9.82. The molecule has 0 saturated carbocycles. The van der Waals surface area contributed by atoms with Crippen molar-refractivity contribution in [2.75, 3.05) is 5.32 Å². The maximum Gasteiger partial charge on any atom is 0.201 e. The first-order valence-corrected chi connectivity index (χ1v) is 16.0. The lowest BCUT2D eigenvalue weighted by Gasteiger charge is -2.28. The van der Waals surface area contributed by atoms with Crippen molar-refractivity contribution in [3.05, 3.63) is 156 Å². The fourth-order valence-corrected chi connectivity index (χ4v) is 7.67. The lowest BCUT2D eigenvalue weighted by molar-refractivity contribution is 0.599. The van der Waals surface area contributed by atoms with E-state index in [1.165, 1.54) is 32.9 Å². The van der Waals surface area contributed by atoms with Crippen LogP contribution in [0.3, 0.4) is 0 Å². The van der Waals surface area contributed by atoms with Crippen molar-refractivity contribution in [1.82, 2.24) is 4.57 Å². The molecule has 0 amide bonds. The molecule has 8 aromatic rings. The standard InChI is InChI=1S/C42H29N3O/c1-2-12-26(13-3-1)29-18-10-19-30-31-20-11-21-34(41(31)46-40(29)30)39-32-16-6-8-22-35(32)43-42(44-39)45-36-23-9-7-17-33(36)38-28-15-5-4-14-27(28)24-25-37(38)45/h1-6,8-16,18-25,42-43H,7,17H2. The first kappa shape index (κ1) is 25.5. The van der Waals surface area contributed by atoms with E-state index in [1.54, 1.807) is 0 Å². The van der Waals surface area contributed by atoms with Crippen LogP contribution in [0.4, 0.5) is 5.69 Å². The second-order valence-corrected chi connectivity index (χ2v) is 12.2. The number of allylic oxidation sites excluding steroid dienone is 1. The summed E-state index contributed by atoms with van der Waals surface area (Å²) in [4.78, 5) is 5.55. The highest BCUT2D eigenvalue weighted by molar-refractivity contribution is 6.24. The number of benzene rings is 6. The van der Waals surface area contributed by atoms with E-state index in [2.05, 4.69) is 143 Å². The van der Waals surface area contributed by atoms with Crippen LogP contribution in [0, 0.1) is 0 Å². The van der Waals surface area contributed by atoms with Gasteiger partial charge in [-0.25, -0.2) is 4.99 Å². The van der Waals surface area contributed by atoms with Crippen molar-refractivity contribution in [2.24, 2.45) is 4.99 Å². The van der Waals surface area contributed by atoms with Crippen molar-refractivity contribution in [3.8, 4) is 11.1 Å². The molecule has 0 fully saturated rings. The van der Waals surface area contributed by atoms with Crippen LogP contribution >= 0.6 is 0 Å². The van der Waals surface area contributed by atoms with E-state index in [0.717, 1.165) is 68.4 Å². The molecule has 1 aliphatic carbocycles. The number of nitrogens with zero attached hydrogens (tertiary/aromatic N) is 2. The van der Waals surface area contributed by atoms with Crippen LogP contribution in [0.1, 0.15) is 35.1 Å². The molecule has 0 bridgehead atoms. The third-order valence-electron chi connectivity index (χ3n) is 9.70. The highest BCUT2D eigenvalue weighted by atomic mass is 16.3. The average Bonchev–Trinajstić information content (AvgIpc) is 3.68. The predicted octanol–water partition coefficient (Wildman–Crippen LogP) is 10.7. The molecule has 1 aliphatic heterocycles. The summed E-state index contributed by atoms with van der Waals surface area (Å²) in [5.74, 6) is 0. The smallest absolute Gasteiger partial charge is 0.201 e. The van der Waals surface area contributed by atoms with Crippen LogP contribution in [-0.2, 0) is 6.42 Å². The van der Waals surface area contributed by atoms with E-state index in [1.807, 2.05) is 6.07 Å². The normalized spacial score (nSPS) is 15.7. The number of hydrogen-bond donors (Lipinski definition) is 1. The molecule has 2 aromatic heterocycles. The number of nitrogens with one attached hydrogen (secondary N) is 1. The molecule has 10 rings (SSSR count). The summed E-state index contributed by atoms with van der Waals surface area (Å²) in [5, 5.41) is 9.91. The van der Waals surface area contributed by atoms with Crippen LogP contribution in [0.15, 0.2) is 143 Å². The van der Waals surface area contributed by atoms with Crippen molar-refractivity contribution in [3.63, 3.8) is 0 Å². The number of para-hydroxylation sites is 3. The van der Waals surface area contributed by atoms with E-state index in [-0.39, 0.29) is 6.29 Å². The van der Waals surface area contributed by atoms with E-state index in [0.29, 0.717) is 0 Å². The van der Waals surface area contributed by atoms with Gasteiger partial charge >= 0.3 is 0 Å². The van der Waals surface area contributed by atoms with Crippen LogP contribution < -0.4 is 5.32 Å². The largest absolute Gasteiger partial charge is 0.455 e. The monoisotopic (exact) mass is 591 g/mol. The minimum Gasteiger partial charge on any atom is -0.455 e. The van der Waals surface area contributed by atoms with Gasteiger partial charge in [0.2, 0.25) is 6.29 Å². The highest BCUT2D eigenvalue weighted by Gasteiger charge is 2.29. The van der Waals surface area contributed by atoms with Crippen LogP contribution in [0.5, 0.6) is 0 Å². The van der Waals surface area contributed by atoms with Gasteiger partial charge in [-0.2, -0.15) is 0 Å². The SMILES string of the molecule is C1=Cc2c(c3c4ccccc4ccc3n2C2N=C(c3cccc4c3oc3c(-c5ccccc5)cccc34)c3ccccc3N2)CC1.